The molecular weight excluding hydrogens is 179 g/mol. The number of fused-ring (bicyclic) bond motifs is 1. The summed E-state index contributed by atoms with van der Waals surface area (Å²) in [5, 5.41) is 3.60. The first kappa shape index (κ1) is 10.4. The molecule has 0 saturated carbocycles. The molecule has 2 heterocycles. The summed E-state index contributed by atoms with van der Waals surface area (Å²) >= 11 is 0. The second kappa shape index (κ2) is 5.08. The Labute approximate surface area is 85.9 Å². The van der Waals surface area contributed by atoms with Gasteiger partial charge in [0.2, 0.25) is 0 Å². The van der Waals surface area contributed by atoms with Crippen molar-refractivity contribution in [3.05, 3.63) is 0 Å². The fourth-order valence-corrected chi connectivity index (χ4v) is 2.81. The van der Waals surface area contributed by atoms with Gasteiger partial charge in [0.05, 0.1) is 6.67 Å². The van der Waals surface area contributed by atoms with Crippen LogP contribution < -0.4 is 5.32 Å². The normalized spacial score (nSPS) is 34.1. The van der Waals surface area contributed by atoms with Gasteiger partial charge in [-0.05, 0) is 44.7 Å². The van der Waals surface area contributed by atoms with E-state index in [1.165, 1.54) is 32.4 Å². The first-order valence-electron chi connectivity index (χ1n) is 5.92. The van der Waals surface area contributed by atoms with Crippen LogP contribution in [0, 0.1) is 5.92 Å². The van der Waals surface area contributed by atoms with Gasteiger partial charge in [-0.2, -0.15) is 0 Å². The number of nitrogens with zero attached hydrogens (tertiary/aromatic N) is 1. The molecule has 0 amide bonds. The Balaban J connectivity index is 1.77. The van der Waals surface area contributed by atoms with Crippen LogP contribution in [0.2, 0.25) is 0 Å². The maximum Gasteiger partial charge on any atom is 0.0906 e. The van der Waals surface area contributed by atoms with Crippen molar-refractivity contribution in [2.24, 2.45) is 5.92 Å². The summed E-state index contributed by atoms with van der Waals surface area (Å²) in [4.78, 5) is 2.44. The molecule has 2 nitrogen and oxygen atoms in total. The van der Waals surface area contributed by atoms with E-state index in [2.05, 4.69) is 10.2 Å². The molecule has 0 aliphatic carbocycles. The molecule has 0 aromatic carbocycles. The Morgan fingerprint density at radius 2 is 2.29 bits per heavy atom. The predicted octanol–water partition coefficient (Wildman–Crippen LogP) is 1.42. The SMILES string of the molecule is FCCCN1CCC2NCCCC2C1. The number of piperidine rings is 2. The van der Waals surface area contributed by atoms with Gasteiger partial charge in [-0.1, -0.05) is 0 Å². The fourth-order valence-electron chi connectivity index (χ4n) is 2.81. The highest BCUT2D eigenvalue weighted by atomic mass is 19.1. The number of alkyl halides is 1. The van der Waals surface area contributed by atoms with Crippen LogP contribution in [0.25, 0.3) is 0 Å². The molecule has 2 fully saturated rings. The number of hydrogen-bond donors (Lipinski definition) is 1. The van der Waals surface area contributed by atoms with Crippen LogP contribution in [0.4, 0.5) is 4.39 Å². The second-order valence-electron chi connectivity index (χ2n) is 4.59. The molecule has 2 aliphatic rings. The van der Waals surface area contributed by atoms with Gasteiger partial charge in [0.25, 0.3) is 0 Å². The average molecular weight is 200 g/mol. The van der Waals surface area contributed by atoms with Crippen molar-refractivity contribution in [2.75, 3.05) is 32.9 Å². The number of nitrogens with one attached hydrogen (secondary N) is 1. The monoisotopic (exact) mass is 200 g/mol. The average Bonchev–Trinajstić information content (AvgIpc) is 2.26. The van der Waals surface area contributed by atoms with E-state index < -0.39 is 0 Å². The summed E-state index contributed by atoms with van der Waals surface area (Å²) < 4.78 is 12.0. The van der Waals surface area contributed by atoms with E-state index in [0.29, 0.717) is 6.42 Å². The lowest BCUT2D eigenvalue weighted by atomic mass is 9.85. The Hall–Kier alpha value is -0.150. The van der Waals surface area contributed by atoms with E-state index in [1.54, 1.807) is 0 Å². The maximum atomic E-state index is 12.0. The van der Waals surface area contributed by atoms with E-state index in [-0.39, 0.29) is 6.67 Å². The minimum absolute atomic E-state index is 0.164. The molecular formula is C11H21FN2. The first-order valence-corrected chi connectivity index (χ1v) is 5.92. The molecule has 14 heavy (non-hydrogen) atoms. The summed E-state index contributed by atoms with van der Waals surface area (Å²) in [5.41, 5.74) is 0. The summed E-state index contributed by atoms with van der Waals surface area (Å²) in [6, 6.07) is 0.755. The van der Waals surface area contributed by atoms with Gasteiger partial charge in [0.15, 0.2) is 0 Å². The van der Waals surface area contributed by atoms with E-state index in [1.807, 2.05) is 0 Å². The van der Waals surface area contributed by atoms with Crippen molar-refractivity contribution in [1.29, 1.82) is 0 Å². The molecule has 1 N–H and O–H groups in total. The third-order valence-corrected chi connectivity index (χ3v) is 3.58. The molecule has 0 aromatic rings. The van der Waals surface area contributed by atoms with Gasteiger partial charge in [-0.25, -0.2) is 0 Å². The van der Waals surface area contributed by atoms with E-state index in [4.69, 9.17) is 0 Å². The van der Waals surface area contributed by atoms with E-state index in [9.17, 15) is 4.39 Å². The molecule has 0 bridgehead atoms. The Kier molecular flexibility index (Phi) is 3.76. The Morgan fingerprint density at radius 1 is 1.36 bits per heavy atom. The molecule has 2 aliphatic heterocycles. The molecule has 0 radical (unpaired) electrons. The number of likely N-dealkylation sites (tertiary alicyclic amines) is 1. The van der Waals surface area contributed by atoms with Crippen LogP contribution in [0.5, 0.6) is 0 Å². The van der Waals surface area contributed by atoms with Crippen molar-refractivity contribution in [3.63, 3.8) is 0 Å². The molecule has 0 aromatic heterocycles. The zero-order valence-electron chi connectivity index (χ0n) is 8.84. The zero-order valence-corrected chi connectivity index (χ0v) is 8.84. The highest BCUT2D eigenvalue weighted by Gasteiger charge is 2.30. The van der Waals surface area contributed by atoms with Crippen molar-refractivity contribution in [3.8, 4) is 0 Å². The third-order valence-electron chi connectivity index (χ3n) is 3.58. The van der Waals surface area contributed by atoms with Crippen LogP contribution in [0.1, 0.15) is 25.7 Å². The lowest BCUT2D eigenvalue weighted by Gasteiger charge is -2.41. The van der Waals surface area contributed by atoms with Crippen LogP contribution in [-0.4, -0.2) is 43.8 Å². The van der Waals surface area contributed by atoms with Crippen LogP contribution >= 0.6 is 0 Å². The maximum absolute atomic E-state index is 12.0. The lowest BCUT2D eigenvalue weighted by molar-refractivity contribution is 0.111. The molecule has 0 spiro atoms. The van der Waals surface area contributed by atoms with Crippen LogP contribution in [0.3, 0.4) is 0 Å². The van der Waals surface area contributed by atoms with E-state index in [0.717, 1.165) is 25.0 Å². The summed E-state index contributed by atoms with van der Waals surface area (Å²) in [7, 11) is 0. The topological polar surface area (TPSA) is 15.3 Å². The van der Waals surface area contributed by atoms with Gasteiger partial charge >= 0.3 is 0 Å². The van der Waals surface area contributed by atoms with Crippen molar-refractivity contribution < 1.29 is 4.39 Å². The predicted molar refractivity (Wildman–Crippen MR) is 56.2 cm³/mol. The summed E-state index contributed by atoms with van der Waals surface area (Å²) in [6.07, 6.45) is 4.66. The minimum Gasteiger partial charge on any atom is -0.314 e. The van der Waals surface area contributed by atoms with Gasteiger partial charge in [-0.15, -0.1) is 0 Å². The molecule has 82 valence electrons. The van der Waals surface area contributed by atoms with Gasteiger partial charge in [0, 0.05) is 19.1 Å². The zero-order chi connectivity index (χ0) is 9.80. The Morgan fingerprint density at radius 3 is 3.14 bits per heavy atom. The van der Waals surface area contributed by atoms with Crippen LogP contribution in [-0.2, 0) is 0 Å². The smallest absolute Gasteiger partial charge is 0.0906 e. The number of hydrogen-bond acceptors (Lipinski definition) is 2. The first-order chi connectivity index (χ1) is 6.90. The molecule has 2 unspecified atom stereocenters. The van der Waals surface area contributed by atoms with Crippen LogP contribution in [0.15, 0.2) is 0 Å². The Bertz CT molecular complexity index is 175. The second-order valence-corrected chi connectivity index (χ2v) is 4.59. The summed E-state index contributed by atoms with van der Waals surface area (Å²) in [6.45, 7) is 4.35. The summed E-state index contributed by atoms with van der Waals surface area (Å²) in [5.74, 6) is 0.831. The minimum atomic E-state index is -0.164. The number of rotatable bonds is 3. The van der Waals surface area contributed by atoms with Gasteiger partial charge < -0.3 is 10.2 Å². The van der Waals surface area contributed by atoms with Gasteiger partial charge in [-0.3, -0.25) is 4.39 Å². The molecule has 2 saturated heterocycles. The highest BCUT2D eigenvalue weighted by Crippen LogP contribution is 2.24. The molecule has 2 atom stereocenters. The van der Waals surface area contributed by atoms with Crippen molar-refractivity contribution >= 4 is 0 Å². The molecule has 3 heteroatoms. The van der Waals surface area contributed by atoms with Crippen molar-refractivity contribution in [2.45, 2.75) is 31.7 Å². The quantitative estimate of drug-likeness (QED) is 0.741. The standard InChI is InChI=1S/C11H21FN2/c12-5-2-7-14-8-4-11-10(9-14)3-1-6-13-11/h10-11,13H,1-9H2. The number of halogens is 1. The lowest BCUT2D eigenvalue weighted by Crippen LogP contribution is -2.52. The third kappa shape index (κ3) is 2.45. The van der Waals surface area contributed by atoms with E-state index >= 15 is 0 Å². The highest BCUT2D eigenvalue weighted by molar-refractivity contribution is 4.87. The largest absolute Gasteiger partial charge is 0.314 e. The van der Waals surface area contributed by atoms with Gasteiger partial charge in [0.1, 0.15) is 0 Å². The fraction of sp³-hybridized carbons (Fsp3) is 1.00. The van der Waals surface area contributed by atoms with Crippen molar-refractivity contribution in [1.82, 2.24) is 10.2 Å². The molecule has 2 rings (SSSR count).